The Morgan fingerprint density at radius 2 is 1.81 bits per heavy atom. The van der Waals surface area contributed by atoms with E-state index in [2.05, 4.69) is 5.43 Å². The normalized spacial score (nSPS) is 15.6. The maximum atomic E-state index is 12.7. The van der Waals surface area contributed by atoms with E-state index < -0.39 is 11.8 Å². The Balaban J connectivity index is 1.84. The van der Waals surface area contributed by atoms with Gasteiger partial charge in [0.2, 0.25) is 0 Å². The second-order valence-electron chi connectivity index (χ2n) is 5.58. The SMILES string of the molecule is Cc1ccc(C(=O)NN2C(=O)/C(=C\c3c(Cl)cccc3Cl)SC2=S)c(Cl)c1. The minimum atomic E-state index is -0.534. The summed E-state index contributed by atoms with van der Waals surface area (Å²) in [7, 11) is 0. The number of benzene rings is 2. The van der Waals surface area contributed by atoms with Crippen LogP contribution in [0.1, 0.15) is 21.5 Å². The molecule has 138 valence electrons. The molecule has 1 saturated heterocycles. The van der Waals surface area contributed by atoms with Crippen LogP contribution in [0, 0.1) is 6.92 Å². The highest BCUT2D eigenvalue weighted by Gasteiger charge is 2.34. The molecule has 0 unspecified atom stereocenters. The van der Waals surface area contributed by atoms with Crippen LogP contribution in [0.15, 0.2) is 41.3 Å². The molecule has 0 atom stereocenters. The van der Waals surface area contributed by atoms with Crippen molar-refractivity contribution in [2.45, 2.75) is 6.92 Å². The van der Waals surface area contributed by atoms with Crippen LogP contribution in [-0.2, 0) is 4.79 Å². The molecule has 2 aromatic rings. The number of carbonyl (C=O) groups excluding carboxylic acids is 2. The molecule has 0 spiro atoms. The monoisotopic (exact) mass is 456 g/mol. The molecule has 1 aliphatic rings. The van der Waals surface area contributed by atoms with Gasteiger partial charge in [0.15, 0.2) is 4.32 Å². The summed E-state index contributed by atoms with van der Waals surface area (Å²) in [6.45, 7) is 1.86. The van der Waals surface area contributed by atoms with E-state index in [9.17, 15) is 9.59 Å². The van der Waals surface area contributed by atoms with Crippen LogP contribution in [-0.4, -0.2) is 21.1 Å². The number of amides is 2. The first-order valence-corrected chi connectivity index (χ1v) is 9.93. The summed E-state index contributed by atoms with van der Waals surface area (Å²) in [6, 6.07) is 10.1. The van der Waals surface area contributed by atoms with Crippen molar-refractivity contribution in [3.8, 4) is 0 Å². The molecule has 4 nitrogen and oxygen atoms in total. The van der Waals surface area contributed by atoms with E-state index in [-0.39, 0.29) is 14.9 Å². The average molecular weight is 458 g/mol. The van der Waals surface area contributed by atoms with E-state index in [1.54, 1.807) is 42.5 Å². The van der Waals surface area contributed by atoms with Crippen LogP contribution < -0.4 is 5.43 Å². The fourth-order valence-electron chi connectivity index (χ4n) is 2.31. The molecule has 3 rings (SSSR count). The third kappa shape index (κ3) is 4.31. The first-order valence-electron chi connectivity index (χ1n) is 7.57. The summed E-state index contributed by atoms with van der Waals surface area (Å²) in [5, 5.41) is 2.11. The van der Waals surface area contributed by atoms with E-state index in [1.807, 2.05) is 6.92 Å². The Morgan fingerprint density at radius 1 is 1.15 bits per heavy atom. The molecule has 0 radical (unpaired) electrons. The van der Waals surface area contributed by atoms with E-state index in [0.29, 0.717) is 20.5 Å². The molecule has 0 aromatic heterocycles. The van der Waals surface area contributed by atoms with Crippen LogP contribution >= 0.6 is 58.8 Å². The summed E-state index contributed by atoms with van der Waals surface area (Å²) in [5.74, 6) is -1.01. The highest BCUT2D eigenvalue weighted by Crippen LogP contribution is 2.35. The van der Waals surface area contributed by atoms with E-state index in [4.69, 9.17) is 47.0 Å². The van der Waals surface area contributed by atoms with Gasteiger partial charge in [-0.2, -0.15) is 5.01 Å². The van der Waals surface area contributed by atoms with Crippen LogP contribution in [0.2, 0.25) is 15.1 Å². The summed E-state index contributed by atoms with van der Waals surface area (Å²) < 4.78 is 0.186. The number of halogens is 3. The van der Waals surface area contributed by atoms with Gasteiger partial charge in [0.25, 0.3) is 11.8 Å². The van der Waals surface area contributed by atoms with Crippen molar-refractivity contribution in [2.24, 2.45) is 0 Å². The minimum absolute atomic E-state index is 0.186. The molecule has 1 heterocycles. The van der Waals surface area contributed by atoms with Crippen molar-refractivity contribution < 1.29 is 9.59 Å². The van der Waals surface area contributed by atoms with Crippen molar-refractivity contribution in [1.29, 1.82) is 0 Å². The number of nitrogens with zero attached hydrogens (tertiary/aromatic N) is 1. The maximum Gasteiger partial charge on any atom is 0.285 e. The maximum absolute atomic E-state index is 12.7. The lowest BCUT2D eigenvalue weighted by molar-refractivity contribution is -0.123. The van der Waals surface area contributed by atoms with Crippen molar-refractivity contribution in [1.82, 2.24) is 10.4 Å². The molecule has 1 fully saturated rings. The number of hydrazine groups is 1. The smallest absolute Gasteiger partial charge is 0.267 e. The van der Waals surface area contributed by atoms with Gasteiger partial charge >= 0.3 is 0 Å². The van der Waals surface area contributed by atoms with Crippen LogP contribution in [0.4, 0.5) is 0 Å². The van der Waals surface area contributed by atoms with Gasteiger partial charge in [0, 0.05) is 15.6 Å². The number of thioether (sulfide) groups is 1. The van der Waals surface area contributed by atoms with Crippen LogP contribution in [0.3, 0.4) is 0 Å². The lowest BCUT2D eigenvalue weighted by atomic mass is 10.1. The van der Waals surface area contributed by atoms with Crippen molar-refractivity contribution in [2.75, 3.05) is 0 Å². The zero-order valence-corrected chi connectivity index (χ0v) is 17.7. The molecule has 2 aromatic carbocycles. The third-order valence-electron chi connectivity index (χ3n) is 3.65. The Morgan fingerprint density at radius 3 is 2.44 bits per heavy atom. The van der Waals surface area contributed by atoms with Gasteiger partial charge in [0.1, 0.15) is 0 Å². The first-order chi connectivity index (χ1) is 12.8. The average Bonchev–Trinajstić information content (AvgIpc) is 2.85. The fraction of sp³-hybridized carbons (Fsp3) is 0.0556. The van der Waals surface area contributed by atoms with Crippen molar-refractivity contribution in [3.05, 3.63) is 73.1 Å². The Hall–Kier alpha value is -1.57. The number of thiocarbonyl (C=S) groups is 1. The Bertz CT molecular complexity index is 988. The third-order valence-corrected chi connectivity index (χ3v) is 5.93. The molecule has 2 amide bonds. The molecule has 0 bridgehead atoms. The fourth-order valence-corrected chi connectivity index (χ4v) is 4.30. The van der Waals surface area contributed by atoms with Gasteiger partial charge in [0.05, 0.1) is 15.5 Å². The number of nitrogens with one attached hydrogen (secondary N) is 1. The van der Waals surface area contributed by atoms with Crippen LogP contribution in [0.25, 0.3) is 6.08 Å². The molecule has 27 heavy (non-hydrogen) atoms. The van der Waals surface area contributed by atoms with Gasteiger partial charge in [-0.1, -0.05) is 58.7 Å². The minimum Gasteiger partial charge on any atom is -0.267 e. The van der Waals surface area contributed by atoms with E-state index >= 15 is 0 Å². The molecular weight excluding hydrogens is 447 g/mol. The standard InChI is InChI=1S/C18H11Cl3N2O2S2/c1-9-5-6-10(14(21)7-9)16(24)22-23-17(25)15(27-18(23)26)8-11-12(19)3-2-4-13(11)20/h2-8H,1H3,(H,22,24)/b15-8+. The number of hydrogen-bond acceptors (Lipinski definition) is 4. The van der Waals surface area contributed by atoms with Gasteiger partial charge in [-0.15, -0.1) is 0 Å². The second-order valence-corrected chi connectivity index (χ2v) is 8.47. The van der Waals surface area contributed by atoms with Crippen molar-refractivity contribution in [3.63, 3.8) is 0 Å². The zero-order valence-electron chi connectivity index (χ0n) is 13.8. The molecule has 0 saturated carbocycles. The predicted molar refractivity (Wildman–Crippen MR) is 115 cm³/mol. The number of hydrogen-bond donors (Lipinski definition) is 1. The number of rotatable bonds is 3. The molecular formula is C18H11Cl3N2O2S2. The van der Waals surface area contributed by atoms with Crippen LogP contribution in [0.5, 0.6) is 0 Å². The van der Waals surface area contributed by atoms with Gasteiger partial charge in [-0.3, -0.25) is 15.0 Å². The van der Waals surface area contributed by atoms with Gasteiger partial charge < -0.3 is 0 Å². The predicted octanol–water partition coefficient (Wildman–Crippen LogP) is 5.50. The van der Waals surface area contributed by atoms with E-state index in [0.717, 1.165) is 22.3 Å². The highest BCUT2D eigenvalue weighted by atomic mass is 35.5. The summed E-state index contributed by atoms with van der Waals surface area (Å²) in [5.41, 5.74) is 4.16. The van der Waals surface area contributed by atoms with E-state index in [1.165, 1.54) is 0 Å². The van der Waals surface area contributed by atoms with Gasteiger partial charge in [-0.25, -0.2) is 0 Å². The Kier molecular flexibility index (Phi) is 6.13. The number of aryl methyl sites for hydroxylation is 1. The topological polar surface area (TPSA) is 49.4 Å². The summed E-state index contributed by atoms with van der Waals surface area (Å²) in [4.78, 5) is 25.4. The molecule has 1 N–H and O–H groups in total. The zero-order chi connectivity index (χ0) is 19.7. The second kappa shape index (κ2) is 8.20. The molecule has 0 aliphatic carbocycles. The summed E-state index contributed by atoms with van der Waals surface area (Å²) in [6.07, 6.45) is 1.55. The highest BCUT2D eigenvalue weighted by molar-refractivity contribution is 8.26. The molecule has 1 aliphatic heterocycles. The quantitative estimate of drug-likeness (QED) is 0.488. The Labute approximate surface area is 180 Å². The first kappa shape index (κ1) is 20.2. The number of carbonyl (C=O) groups is 2. The lowest BCUT2D eigenvalue weighted by Crippen LogP contribution is -2.44. The summed E-state index contributed by atoms with van der Waals surface area (Å²) >= 11 is 24.6. The largest absolute Gasteiger partial charge is 0.285 e. The van der Waals surface area contributed by atoms with Gasteiger partial charge in [-0.05, 0) is 55.0 Å². The van der Waals surface area contributed by atoms with Crippen molar-refractivity contribution >= 4 is 81.0 Å². The molecule has 9 heteroatoms. The lowest BCUT2D eigenvalue weighted by Gasteiger charge is -2.16.